The van der Waals surface area contributed by atoms with Gasteiger partial charge in [-0.2, -0.15) is 0 Å². The monoisotopic (exact) mass is 344 g/mol. The van der Waals surface area contributed by atoms with E-state index in [1.165, 1.54) is 0 Å². The summed E-state index contributed by atoms with van der Waals surface area (Å²) in [6, 6.07) is 15.0. The van der Waals surface area contributed by atoms with Crippen LogP contribution in [0.5, 0.6) is 0 Å². The van der Waals surface area contributed by atoms with Crippen molar-refractivity contribution >= 4 is 29.5 Å². The van der Waals surface area contributed by atoms with E-state index in [0.29, 0.717) is 28.0 Å². The molecule has 0 bridgehead atoms. The zero-order chi connectivity index (χ0) is 16.4. The van der Waals surface area contributed by atoms with E-state index in [1.807, 2.05) is 47.9 Å². The van der Waals surface area contributed by atoms with E-state index in [4.69, 9.17) is 23.2 Å². The summed E-state index contributed by atoms with van der Waals surface area (Å²) in [5.74, 6) is 0.761. The molecule has 1 heterocycles. The second kappa shape index (κ2) is 6.57. The van der Waals surface area contributed by atoms with Gasteiger partial charge in [0, 0.05) is 15.6 Å². The van der Waals surface area contributed by atoms with Gasteiger partial charge in [-0.1, -0.05) is 59.6 Å². The molecule has 0 atom stereocenters. The van der Waals surface area contributed by atoms with Crippen molar-refractivity contribution in [3.05, 3.63) is 75.7 Å². The molecule has 3 rings (SSSR count). The van der Waals surface area contributed by atoms with Crippen molar-refractivity contribution in [2.75, 3.05) is 0 Å². The topological polar surface area (TPSA) is 34.9 Å². The van der Waals surface area contributed by atoms with E-state index < -0.39 is 0 Å². The molecule has 0 aliphatic rings. The van der Waals surface area contributed by atoms with Crippen LogP contribution in [0.1, 0.15) is 21.9 Å². The van der Waals surface area contributed by atoms with Crippen molar-refractivity contribution < 1.29 is 4.79 Å². The summed E-state index contributed by atoms with van der Waals surface area (Å²) in [4.78, 5) is 16.2. The number of hydrogen-bond donors (Lipinski definition) is 0. The average Bonchev–Trinajstić information content (AvgIpc) is 2.87. The summed E-state index contributed by atoms with van der Waals surface area (Å²) in [5, 5.41) is 1.16. The summed E-state index contributed by atoms with van der Waals surface area (Å²) in [6.07, 6.45) is 0.839. The van der Waals surface area contributed by atoms with Crippen molar-refractivity contribution in [2.24, 2.45) is 0 Å². The van der Waals surface area contributed by atoms with Gasteiger partial charge >= 0.3 is 0 Å². The maximum Gasteiger partial charge on any atom is 0.168 e. The van der Waals surface area contributed by atoms with Crippen LogP contribution in [0.2, 0.25) is 10.0 Å². The highest BCUT2D eigenvalue weighted by molar-refractivity contribution is 6.35. The standard InChI is InChI=1S/C18H14Cl2N2O/c1-12-21-18(13-5-3-2-4-6-13)17(11-23)22(12)10-14-7-8-15(19)9-16(14)20/h2-9,11H,10H2,1H3. The number of benzene rings is 2. The molecule has 0 fully saturated rings. The normalized spacial score (nSPS) is 10.7. The molecule has 0 spiro atoms. The summed E-state index contributed by atoms with van der Waals surface area (Å²) >= 11 is 12.2. The van der Waals surface area contributed by atoms with Crippen LogP contribution >= 0.6 is 23.2 Å². The molecule has 0 aliphatic carbocycles. The number of nitrogens with zero attached hydrogens (tertiary/aromatic N) is 2. The number of aryl methyl sites for hydroxylation is 1. The Bertz CT molecular complexity index is 857. The molecule has 0 saturated carbocycles. The van der Waals surface area contributed by atoms with E-state index in [9.17, 15) is 4.79 Å². The quantitative estimate of drug-likeness (QED) is 0.622. The van der Waals surface area contributed by atoms with Crippen LogP contribution in [-0.2, 0) is 6.54 Å². The first-order valence-corrected chi connectivity index (χ1v) is 7.87. The fraction of sp³-hybridized carbons (Fsp3) is 0.111. The van der Waals surface area contributed by atoms with Gasteiger partial charge in [-0.05, 0) is 24.6 Å². The van der Waals surface area contributed by atoms with E-state index in [1.54, 1.807) is 12.1 Å². The molecule has 0 aliphatic heterocycles. The molecule has 3 aromatic rings. The zero-order valence-electron chi connectivity index (χ0n) is 12.5. The lowest BCUT2D eigenvalue weighted by Crippen LogP contribution is -2.06. The number of carbonyl (C=O) groups is 1. The molecule has 116 valence electrons. The van der Waals surface area contributed by atoms with Crippen LogP contribution in [-0.4, -0.2) is 15.8 Å². The van der Waals surface area contributed by atoms with E-state index in [0.717, 1.165) is 23.2 Å². The van der Waals surface area contributed by atoms with E-state index in [2.05, 4.69) is 4.98 Å². The predicted octanol–water partition coefficient (Wildman–Crippen LogP) is 5.03. The zero-order valence-corrected chi connectivity index (χ0v) is 14.0. The Morgan fingerprint density at radius 1 is 1.13 bits per heavy atom. The Kier molecular flexibility index (Phi) is 4.51. The van der Waals surface area contributed by atoms with Crippen molar-refractivity contribution in [1.29, 1.82) is 0 Å². The van der Waals surface area contributed by atoms with Crippen molar-refractivity contribution in [2.45, 2.75) is 13.5 Å². The Balaban J connectivity index is 2.06. The lowest BCUT2D eigenvalue weighted by Gasteiger charge is -2.09. The van der Waals surface area contributed by atoms with Gasteiger partial charge in [-0.3, -0.25) is 4.79 Å². The van der Waals surface area contributed by atoms with Gasteiger partial charge in [0.2, 0.25) is 0 Å². The van der Waals surface area contributed by atoms with Gasteiger partial charge in [0.1, 0.15) is 11.5 Å². The van der Waals surface area contributed by atoms with Crippen LogP contribution in [0, 0.1) is 6.92 Å². The van der Waals surface area contributed by atoms with Crippen LogP contribution < -0.4 is 0 Å². The van der Waals surface area contributed by atoms with Crippen LogP contribution in [0.25, 0.3) is 11.3 Å². The van der Waals surface area contributed by atoms with Gasteiger partial charge < -0.3 is 4.57 Å². The SMILES string of the molecule is Cc1nc(-c2ccccc2)c(C=O)n1Cc1ccc(Cl)cc1Cl. The number of carbonyl (C=O) groups excluding carboxylic acids is 1. The van der Waals surface area contributed by atoms with E-state index >= 15 is 0 Å². The van der Waals surface area contributed by atoms with Crippen molar-refractivity contribution in [3.8, 4) is 11.3 Å². The minimum Gasteiger partial charge on any atom is -0.321 e. The van der Waals surface area contributed by atoms with Gasteiger partial charge in [-0.25, -0.2) is 4.98 Å². The summed E-state index contributed by atoms with van der Waals surface area (Å²) in [6.45, 7) is 2.35. The third-order valence-electron chi connectivity index (χ3n) is 3.70. The van der Waals surface area contributed by atoms with Crippen molar-refractivity contribution in [1.82, 2.24) is 9.55 Å². The lowest BCUT2D eigenvalue weighted by atomic mass is 10.1. The number of halogens is 2. The average molecular weight is 345 g/mol. The summed E-state index contributed by atoms with van der Waals surface area (Å²) in [7, 11) is 0. The summed E-state index contributed by atoms with van der Waals surface area (Å²) in [5.41, 5.74) is 3.03. The second-order valence-electron chi connectivity index (χ2n) is 5.20. The molecule has 5 heteroatoms. The molecule has 0 saturated heterocycles. The first kappa shape index (κ1) is 15.8. The number of aldehydes is 1. The highest BCUT2D eigenvalue weighted by Gasteiger charge is 2.16. The molecule has 3 nitrogen and oxygen atoms in total. The molecular formula is C18H14Cl2N2O. The molecular weight excluding hydrogens is 331 g/mol. The maximum atomic E-state index is 11.6. The number of hydrogen-bond acceptors (Lipinski definition) is 2. The highest BCUT2D eigenvalue weighted by Crippen LogP contribution is 2.26. The Hall–Kier alpha value is -2.10. The minimum absolute atomic E-state index is 0.468. The van der Waals surface area contributed by atoms with Crippen molar-refractivity contribution in [3.63, 3.8) is 0 Å². The Labute approximate surface area is 144 Å². The smallest absolute Gasteiger partial charge is 0.168 e. The second-order valence-corrected chi connectivity index (χ2v) is 6.04. The fourth-order valence-corrected chi connectivity index (χ4v) is 3.00. The van der Waals surface area contributed by atoms with Gasteiger partial charge in [0.05, 0.1) is 12.2 Å². The maximum absolute atomic E-state index is 11.6. The number of rotatable bonds is 4. The largest absolute Gasteiger partial charge is 0.321 e. The third-order valence-corrected chi connectivity index (χ3v) is 4.29. The molecule has 23 heavy (non-hydrogen) atoms. The van der Waals surface area contributed by atoms with E-state index in [-0.39, 0.29) is 0 Å². The fourth-order valence-electron chi connectivity index (χ4n) is 2.53. The van der Waals surface area contributed by atoms with Crippen LogP contribution in [0.15, 0.2) is 48.5 Å². The molecule has 0 N–H and O–H groups in total. The van der Waals surface area contributed by atoms with Gasteiger partial charge in [0.15, 0.2) is 6.29 Å². The third kappa shape index (κ3) is 3.16. The van der Waals surface area contributed by atoms with Crippen LogP contribution in [0.3, 0.4) is 0 Å². The van der Waals surface area contributed by atoms with Crippen LogP contribution in [0.4, 0.5) is 0 Å². The Morgan fingerprint density at radius 2 is 1.87 bits per heavy atom. The summed E-state index contributed by atoms with van der Waals surface area (Å²) < 4.78 is 1.87. The molecule has 0 radical (unpaired) electrons. The number of aromatic nitrogens is 2. The molecule has 1 aromatic heterocycles. The lowest BCUT2D eigenvalue weighted by molar-refractivity contribution is 0.111. The molecule has 0 unspecified atom stereocenters. The van der Waals surface area contributed by atoms with Gasteiger partial charge in [0.25, 0.3) is 0 Å². The molecule has 2 aromatic carbocycles. The Morgan fingerprint density at radius 3 is 2.52 bits per heavy atom. The molecule has 0 amide bonds. The first-order chi connectivity index (χ1) is 11.1. The minimum atomic E-state index is 0.468. The van der Waals surface area contributed by atoms with Gasteiger partial charge in [-0.15, -0.1) is 0 Å². The number of imidazole rings is 1. The highest BCUT2D eigenvalue weighted by atomic mass is 35.5. The predicted molar refractivity (Wildman–Crippen MR) is 93.4 cm³/mol. The first-order valence-electron chi connectivity index (χ1n) is 7.12.